The topological polar surface area (TPSA) is 48.4 Å². The summed E-state index contributed by atoms with van der Waals surface area (Å²) in [6.07, 6.45) is 0.553. The summed E-state index contributed by atoms with van der Waals surface area (Å²) < 4.78 is 37.7. The molecule has 0 N–H and O–H groups in total. The lowest BCUT2D eigenvalue weighted by atomic mass is 9.94. The number of benzene rings is 1. The Morgan fingerprint density at radius 1 is 1.30 bits per heavy atom. The van der Waals surface area contributed by atoms with Crippen molar-refractivity contribution >= 4 is 5.97 Å². The number of aromatic nitrogens is 1. The molecular formula is C17H15F2NO3. The summed E-state index contributed by atoms with van der Waals surface area (Å²) in [7, 11) is 0. The van der Waals surface area contributed by atoms with Crippen molar-refractivity contribution in [2.45, 2.75) is 20.0 Å². The predicted molar refractivity (Wildman–Crippen MR) is 78.9 cm³/mol. The van der Waals surface area contributed by atoms with Crippen LogP contribution in [-0.2, 0) is 22.5 Å². The van der Waals surface area contributed by atoms with Gasteiger partial charge in [0, 0.05) is 11.6 Å². The van der Waals surface area contributed by atoms with Crippen molar-refractivity contribution in [3.05, 3.63) is 52.9 Å². The van der Waals surface area contributed by atoms with E-state index in [0.29, 0.717) is 24.3 Å². The van der Waals surface area contributed by atoms with Crippen molar-refractivity contribution in [1.82, 2.24) is 4.98 Å². The Bertz CT molecular complexity index is 762. The zero-order valence-corrected chi connectivity index (χ0v) is 12.6. The molecule has 0 fully saturated rings. The Kier molecular flexibility index (Phi) is 4.34. The lowest BCUT2D eigenvalue weighted by molar-refractivity contribution is 0.0517. The number of esters is 1. The van der Waals surface area contributed by atoms with E-state index in [4.69, 9.17) is 9.47 Å². The minimum atomic E-state index is -0.681. The van der Waals surface area contributed by atoms with Gasteiger partial charge in [0.05, 0.1) is 25.5 Å². The van der Waals surface area contributed by atoms with Crippen molar-refractivity contribution in [2.75, 3.05) is 13.2 Å². The fourth-order valence-electron chi connectivity index (χ4n) is 2.62. The highest BCUT2D eigenvalue weighted by atomic mass is 19.1. The molecule has 0 bridgehead atoms. The summed E-state index contributed by atoms with van der Waals surface area (Å²) in [4.78, 5) is 16.2. The second-order valence-electron chi connectivity index (χ2n) is 5.13. The second-order valence-corrected chi connectivity index (χ2v) is 5.13. The van der Waals surface area contributed by atoms with Gasteiger partial charge in [0.1, 0.15) is 17.3 Å². The van der Waals surface area contributed by atoms with Crippen LogP contribution in [0.1, 0.15) is 28.7 Å². The van der Waals surface area contributed by atoms with E-state index < -0.39 is 17.6 Å². The van der Waals surface area contributed by atoms with Gasteiger partial charge in [0.2, 0.25) is 0 Å². The number of nitrogens with zero attached hydrogens (tertiary/aromatic N) is 1. The Morgan fingerprint density at radius 2 is 2.13 bits per heavy atom. The van der Waals surface area contributed by atoms with Crippen molar-refractivity contribution in [3.63, 3.8) is 0 Å². The number of halogens is 2. The molecule has 0 radical (unpaired) electrons. The number of hydrogen-bond acceptors (Lipinski definition) is 4. The average molecular weight is 319 g/mol. The van der Waals surface area contributed by atoms with Gasteiger partial charge in [-0.15, -0.1) is 0 Å². The van der Waals surface area contributed by atoms with E-state index in [1.54, 1.807) is 6.92 Å². The molecular weight excluding hydrogens is 304 g/mol. The summed E-state index contributed by atoms with van der Waals surface area (Å²) in [5.41, 5.74) is 2.25. The van der Waals surface area contributed by atoms with Gasteiger partial charge in [0.25, 0.3) is 0 Å². The molecule has 0 aliphatic carbocycles. The first-order chi connectivity index (χ1) is 11.1. The van der Waals surface area contributed by atoms with E-state index in [1.807, 2.05) is 0 Å². The number of fused-ring (bicyclic) bond motifs is 1. The first kappa shape index (κ1) is 15.6. The Balaban J connectivity index is 2.17. The second kappa shape index (κ2) is 6.42. The van der Waals surface area contributed by atoms with Crippen molar-refractivity contribution in [3.8, 4) is 11.1 Å². The van der Waals surface area contributed by atoms with Gasteiger partial charge in [0.15, 0.2) is 0 Å². The molecule has 0 saturated carbocycles. The van der Waals surface area contributed by atoms with Crippen molar-refractivity contribution < 1.29 is 23.0 Å². The number of hydrogen-bond donors (Lipinski definition) is 0. The highest BCUT2D eigenvalue weighted by Gasteiger charge is 2.22. The number of carbonyl (C=O) groups is 1. The van der Waals surface area contributed by atoms with Gasteiger partial charge in [-0.3, -0.25) is 0 Å². The van der Waals surface area contributed by atoms with E-state index >= 15 is 0 Å². The van der Waals surface area contributed by atoms with Crippen LogP contribution in [0.25, 0.3) is 11.1 Å². The first-order valence-corrected chi connectivity index (χ1v) is 7.33. The molecule has 2 aromatic rings. The largest absolute Gasteiger partial charge is 0.461 e. The molecule has 0 spiro atoms. The molecule has 2 heterocycles. The zero-order chi connectivity index (χ0) is 16.4. The lowest BCUT2D eigenvalue weighted by Crippen LogP contribution is -2.17. The van der Waals surface area contributed by atoms with Gasteiger partial charge in [-0.2, -0.15) is 0 Å². The molecule has 0 unspecified atom stereocenters. The van der Waals surface area contributed by atoms with Crippen molar-refractivity contribution in [2.24, 2.45) is 0 Å². The SMILES string of the molecule is CCOC(=O)c1cc(-c2ccc(F)cc2F)c2c(n1)COCC2. The fourth-order valence-corrected chi connectivity index (χ4v) is 2.62. The quantitative estimate of drug-likeness (QED) is 0.815. The van der Waals surface area contributed by atoms with Crippen LogP contribution in [0.2, 0.25) is 0 Å². The summed E-state index contributed by atoms with van der Waals surface area (Å²) in [6, 6.07) is 4.88. The van der Waals surface area contributed by atoms with Gasteiger partial charge >= 0.3 is 5.97 Å². The smallest absolute Gasteiger partial charge is 0.356 e. The normalized spacial score (nSPS) is 13.5. The third-order valence-electron chi connectivity index (χ3n) is 3.65. The molecule has 3 rings (SSSR count). The summed E-state index contributed by atoms with van der Waals surface area (Å²) in [6.45, 7) is 2.65. The van der Waals surface area contributed by atoms with Crippen LogP contribution in [0.4, 0.5) is 8.78 Å². The molecule has 0 saturated heterocycles. The van der Waals surface area contributed by atoms with Crippen LogP contribution < -0.4 is 0 Å². The van der Waals surface area contributed by atoms with E-state index in [2.05, 4.69) is 4.98 Å². The Hall–Kier alpha value is -2.34. The van der Waals surface area contributed by atoms with E-state index in [-0.39, 0.29) is 24.5 Å². The number of pyridine rings is 1. The van der Waals surface area contributed by atoms with E-state index in [1.165, 1.54) is 18.2 Å². The van der Waals surface area contributed by atoms with Crippen LogP contribution in [0.15, 0.2) is 24.3 Å². The van der Waals surface area contributed by atoms with Crippen LogP contribution in [0.3, 0.4) is 0 Å². The van der Waals surface area contributed by atoms with Crippen LogP contribution in [0.5, 0.6) is 0 Å². The average Bonchev–Trinajstić information content (AvgIpc) is 2.54. The maximum Gasteiger partial charge on any atom is 0.356 e. The third-order valence-corrected chi connectivity index (χ3v) is 3.65. The van der Waals surface area contributed by atoms with Gasteiger partial charge < -0.3 is 9.47 Å². The molecule has 0 amide bonds. The maximum absolute atomic E-state index is 14.2. The molecule has 1 aliphatic heterocycles. The minimum absolute atomic E-state index is 0.0924. The Morgan fingerprint density at radius 3 is 2.87 bits per heavy atom. The molecule has 120 valence electrons. The maximum atomic E-state index is 14.2. The Labute approximate surface area is 132 Å². The number of rotatable bonds is 3. The summed E-state index contributed by atoms with van der Waals surface area (Å²) in [5.74, 6) is -1.91. The zero-order valence-electron chi connectivity index (χ0n) is 12.6. The number of carbonyl (C=O) groups excluding carboxylic acids is 1. The summed E-state index contributed by atoms with van der Waals surface area (Å²) >= 11 is 0. The lowest BCUT2D eigenvalue weighted by Gasteiger charge is -2.20. The molecule has 23 heavy (non-hydrogen) atoms. The first-order valence-electron chi connectivity index (χ1n) is 7.33. The molecule has 1 aromatic heterocycles. The van der Waals surface area contributed by atoms with Gasteiger partial charge in [-0.1, -0.05) is 0 Å². The van der Waals surface area contributed by atoms with E-state index in [9.17, 15) is 13.6 Å². The highest BCUT2D eigenvalue weighted by molar-refractivity contribution is 5.89. The molecule has 0 atom stereocenters. The predicted octanol–water partition coefficient (Wildman–Crippen LogP) is 3.28. The van der Waals surface area contributed by atoms with Crippen LogP contribution in [0, 0.1) is 11.6 Å². The highest BCUT2D eigenvalue weighted by Crippen LogP contribution is 2.31. The standard InChI is InChI=1S/C17H15F2NO3/c1-2-23-17(21)15-8-13(11-4-3-10(18)7-14(11)19)12-5-6-22-9-16(12)20-15/h3-4,7-8H,2,5-6,9H2,1H3. The number of ether oxygens (including phenoxy) is 2. The minimum Gasteiger partial charge on any atom is -0.461 e. The van der Waals surface area contributed by atoms with Gasteiger partial charge in [-0.05, 0) is 42.7 Å². The monoisotopic (exact) mass is 319 g/mol. The third kappa shape index (κ3) is 3.07. The molecule has 1 aliphatic rings. The van der Waals surface area contributed by atoms with Crippen molar-refractivity contribution in [1.29, 1.82) is 0 Å². The van der Waals surface area contributed by atoms with E-state index in [0.717, 1.165) is 11.6 Å². The molecule has 6 heteroatoms. The van der Waals surface area contributed by atoms with Crippen LogP contribution >= 0.6 is 0 Å². The molecule has 4 nitrogen and oxygen atoms in total. The van der Waals surface area contributed by atoms with Crippen LogP contribution in [-0.4, -0.2) is 24.2 Å². The molecule has 1 aromatic carbocycles. The summed E-state index contributed by atoms with van der Waals surface area (Å²) in [5, 5.41) is 0. The van der Waals surface area contributed by atoms with Gasteiger partial charge in [-0.25, -0.2) is 18.6 Å². The fraction of sp³-hybridized carbons (Fsp3) is 0.294.